The Labute approximate surface area is 143 Å². The third kappa shape index (κ3) is 2.54. The summed E-state index contributed by atoms with van der Waals surface area (Å²) >= 11 is 0. The molecule has 0 amide bonds. The number of benzene rings is 2. The molecule has 4 atom stereocenters. The lowest BCUT2D eigenvalue weighted by molar-refractivity contribution is -0.149. The van der Waals surface area contributed by atoms with E-state index < -0.39 is 0 Å². The Hall–Kier alpha value is -2.09. The van der Waals surface area contributed by atoms with Crippen LogP contribution in [0.1, 0.15) is 36.3 Å². The van der Waals surface area contributed by atoms with Crippen LogP contribution in [0.5, 0.6) is 0 Å². The van der Waals surface area contributed by atoms with Gasteiger partial charge in [-0.1, -0.05) is 60.7 Å². The normalized spacial score (nSPS) is 28.2. The second kappa shape index (κ2) is 6.43. The molecule has 2 heteroatoms. The van der Waals surface area contributed by atoms with Crippen molar-refractivity contribution in [2.24, 2.45) is 23.7 Å². The van der Waals surface area contributed by atoms with E-state index in [9.17, 15) is 4.79 Å². The molecule has 2 aliphatic carbocycles. The summed E-state index contributed by atoms with van der Waals surface area (Å²) in [5.41, 5.74) is 2.63. The maximum absolute atomic E-state index is 12.6. The maximum atomic E-state index is 12.6. The van der Waals surface area contributed by atoms with Gasteiger partial charge in [0.15, 0.2) is 0 Å². The summed E-state index contributed by atoms with van der Waals surface area (Å²) in [7, 11) is 1.53. The molecule has 0 spiro atoms. The monoisotopic (exact) mass is 320 g/mol. The third-order valence-electron chi connectivity index (χ3n) is 6.16. The van der Waals surface area contributed by atoms with Gasteiger partial charge in [-0.3, -0.25) is 4.79 Å². The molecular weight excluding hydrogens is 296 g/mol. The van der Waals surface area contributed by atoms with Gasteiger partial charge in [0.05, 0.1) is 13.0 Å². The predicted octanol–water partition coefficient (Wildman–Crippen LogP) is 4.65. The highest BCUT2D eigenvalue weighted by Gasteiger charge is 2.54. The summed E-state index contributed by atoms with van der Waals surface area (Å²) in [6.45, 7) is 0. The first-order valence-corrected chi connectivity index (χ1v) is 8.97. The molecule has 24 heavy (non-hydrogen) atoms. The SMILES string of the molecule is COC(=O)[C@@H]1[C@@H]2CC[C@H](C2)[C@@H]1C(c1ccccc1)c1ccccc1. The third-order valence-corrected chi connectivity index (χ3v) is 6.16. The van der Waals surface area contributed by atoms with Crippen LogP contribution in [-0.2, 0) is 9.53 Å². The van der Waals surface area contributed by atoms with E-state index in [1.807, 2.05) is 0 Å². The second-order valence-corrected chi connectivity index (χ2v) is 7.26. The van der Waals surface area contributed by atoms with E-state index >= 15 is 0 Å². The van der Waals surface area contributed by atoms with E-state index in [1.54, 1.807) is 0 Å². The van der Waals surface area contributed by atoms with Crippen LogP contribution in [0.4, 0.5) is 0 Å². The van der Waals surface area contributed by atoms with Crippen molar-refractivity contribution in [1.82, 2.24) is 0 Å². The van der Waals surface area contributed by atoms with E-state index in [2.05, 4.69) is 60.7 Å². The van der Waals surface area contributed by atoms with E-state index in [-0.39, 0.29) is 17.8 Å². The standard InChI is InChI=1S/C22H24O2/c1-24-22(23)21-18-13-12-17(14-18)20(21)19(15-8-4-2-5-9-15)16-10-6-3-7-11-16/h2-11,17-21H,12-14H2,1H3/t17-,18-,20-,21-/m1/s1. The Morgan fingerprint density at radius 2 is 1.46 bits per heavy atom. The highest BCUT2D eigenvalue weighted by molar-refractivity contribution is 5.74. The lowest BCUT2D eigenvalue weighted by Crippen LogP contribution is -2.34. The minimum Gasteiger partial charge on any atom is -0.469 e. The Bertz CT molecular complexity index is 655. The summed E-state index contributed by atoms with van der Waals surface area (Å²) in [5, 5.41) is 0. The van der Waals surface area contributed by atoms with Gasteiger partial charge in [0.2, 0.25) is 0 Å². The fourth-order valence-corrected chi connectivity index (χ4v) is 5.26. The minimum atomic E-state index is -0.0101. The van der Waals surface area contributed by atoms with Crippen LogP contribution >= 0.6 is 0 Å². The lowest BCUT2D eigenvalue weighted by Gasteiger charge is -2.36. The summed E-state index contributed by atoms with van der Waals surface area (Å²) in [6, 6.07) is 21.4. The number of fused-ring (bicyclic) bond motifs is 2. The highest BCUT2D eigenvalue weighted by Crippen LogP contribution is 2.58. The van der Waals surface area contributed by atoms with E-state index in [0.29, 0.717) is 17.8 Å². The van der Waals surface area contributed by atoms with E-state index in [1.165, 1.54) is 37.5 Å². The summed E-state index contributed by atoms with van der Waals surface area (Å²) in [4.78, 5) is 12.6. The van der Waals surface area contributed by atoms with Crippen molar-refractivity contribution >= 4 is 5.97 Å². The lowest BCUT2D eigenvalue weighted by atomic mass is 9.68. The first-order valence-electron chi connectivity index (χ1n) is 8.97. The Morgan fingerprint density at radius 1 is 0.917 bits per heavy atom. The largest absolute Gasteiger partial charge is 0.469 e. The van der Waals surface area contributed by atoms with Gasteiger partial charge in [-0.2, -0.15) is 0 Å². The Morgan fingerprint density at radius 3 is 2.00 bits per heavy atom. The van der Waals surface area contributed by atoms with E-state index in [0.717, 1.165) is 0 Å². The molecule has 2 nitrogen and oxygen atoms in total. The molecule has 4 rings (SSSR count). The van der Waals surface area contributed by atoms with Crippen molar-refractivity contribution in [2.75, 3.05) is 7.11 Å². The number of methoxy groups -OCH3 is 1. The van der Waals surface area contributed by atoms with Crippen LogP contribution in [0.15, 0.2) is 60.7 Å². The van der Waals surface area contributed by atoms with Gasteiger partial charge in [0.1, 0.15) is 0 Å². The molecular formula is C22H24O2. The molecule has 2 aromatic carbocycles. The molecule has 124 valence electrons. The molecule has 0 radical (unpaired) electrons. The molecule has 2 aromatic rings. The van der Waals surface area contributed by atoms with Crippen LogP contribution in [0, 0.1) is 23.7 Å². The van der Waals surface area contributed by atoms with Crippen LogP contribution in [-0.4, -0.2) is 13.1 Å². The smallest absolute Gasteiger partial charge is 0.309 e. The Kier molecular flexibility index (Phi) is 4.13. The molecule has 0 N–H and O–H groups in total. The van der Waals surface area contributed by atoms with Gasteiger partial charge >= 0.3 is 5.97 Å². The number of esters is 1. The Balaban J connectivity index is 1.80. The zero-order chi connectivity index (χ0) is 16.5. The van der Waals surface area contributed by atoms with E-state index in [4.69, 9.17) is 4.74 Å². The number of hydrogen-bond acceptors (Lipinski definition) is 2. The molecule has 0 aliphatic heterocycles. The molecule has 0 heterocycles. The van der Waals surface area contributed by atoms with Crippen molar-refractivity contribution in [1.29, 1.82) is 0 Å². The van der Waals surface area contributed by atoms with Crippen molar-refractivity contribution in [3.63, 3.8) is 0 Å². The van der Waals surface area contributed by atoms with Crippen LogP contribution < -0.4 is 0 Å². The van der Waals surface area contributed by atoms with Crippen molar-refractivity contribution in [3.8, 4) is 0 Å². The topological polar surface area (TPSA) is 26.3 Å². The molecule has 2 aliphatic rings. The molecule has 2 saturated carbocycles. The number of carbonyl (C=O) groups excluding carboxylic acids is 1. The van der Waals surface area contributed by atoms with Crippen LogP contribution in [0.25, 0.3) is 0 Å². The number of hydrogen-bond donors (Lipinski definition) is 0. The fourth-order valence-electron chi connectivity index (χ4n) is 5.26. The number of carbonyl (C=O) groups is 1. The van der Waals surface area contributed by atoms with Crippen molar-refractivity contribution < 1.29 is 9.53 Å². The van der Waals surface area contributed by atoms with Gasteiger partial charge in [-0.25, -0.2) is 0 Å². The minimum absolute atomic E-state index is 0.0101. The number of ether oxygens (including phenoxy) is 1. The first kappa shape index (κ1) is 15.4. The summed E-state index contributed by atoms with van der Waals surface area (Å²) in [5.74, 6) is 1.78. The molecule has 0 unspecified atom stereocenters. The molecule has 0 saturated heterocycles. The zero-order valence-corrected chi connectivity index (χ0v) is 14.1. The average molecular weight is 320 g/mol. The second-order valence-electron chi connectivity index (χ2n) is 7.26. The predicted molar refractivity (Wildman–Crippen MR) is 94.6 cm³/mol. The van der Waals surface area contributed by atoms with Crippen molar-refractivity contribution in [2.45, 2.75) is 25.2 Å². The zero-order valence-electron chi connectivity index (χ0n) is 14.1. The summed E-state index contributed by atoms with van der Waals surface area (Å²) in [6.07, 6.45) is 3.61. The van der Waals surface area contributed by atoms with Gasteiger partial charge in [0.25, 0.3) is 0 Å². The maximum Gasteiger partial charge on any atom is 0.309 e. The molecule has 2 fully saturated rings. The van der Waals surface area contributed by atoms with Crippen molar-refractivity contribution in [3.05, 3.63) is 71.8 Å². The number of rotatable bonds is 4. The van der Waals surface area contributed by atoms with Crippen LogP contribution in [0.2, 0.25) is 0 Å². The quantitative estimate of drug-likeness (QED) is 0.766. The van der Waals surface area contributed by atoms with Gasteiger partial charge < -0.3 is 4.74 Å². The van der Waals surface area contributed by atoms with Gasteiger partial charge in [-0.05, 0) is 48.1 Å². The van der Waals surface area contributed by atoms with Crippen LogP contribution in [0.3, 0.4) is 0 Å². The van der Waals surface area contributed by atoms with Gasteiger partial charge in [-0.15, -0.1) is 0 Å². The fraction of sp³-hybridized carbons (Fsp3) is 0.409. The highest BCUT2D eigenvalue weighted by atomic mass is 16.5. The van der Waals surface area contributed by atoms with Gasteiger partial charge in [0, 0.05) is 5.92 Å². The first-order chi connectivity index (χ1) is 11.8. The average Bonchev–Trinajstić information content (AvgIpc) is 3.25. The summed E-state index contributed by atoms with van der Waals surface area (Å²) < 4.78 is 5.20. The molecule has 0 aromatic heterocycles. The molecule has 2 bridgehead atoms.